The Kier molecular flexibility index (Phi) is 5.38. The Morgan fingerprint density at radius 3 is 3.06 bits per heavy atom. The van der Waals surface area contributed by atoms with E-state index in [1.807, 2.05) is 0 Å². The summed E-state index contributed by atoms with van der Waals surface area (Å²) in [6.07, 6.45) is 1.17. The predicted octanol–water partition coefficient (Wildman–Crippen LogP) is 1.47. The Hall–Kier alpha value is -0.490. The van der Waals surface area contributed by atoms with Gasteiger partial charge in [-0.1, -0.05) is 6.92 Å². The number of thiazole rings is 1. The number of ether oxygens (including phenoxy) is 1. The van der Waals surface area contributed by atoms with Crippen LogP contribution >= 0.6 is 11.3 Å². The molecule has 0 aromatic carbocycles. The van der Waals surface area contributed by atoms with Crippen LogP contribution in [0.3, 0.4) is 0 Å². The molecule has 0 amide bonds. The molecule has 5 heteroatoms. The van der Waals surface area contributed by atoms with E-state index in [4.69, 9.17) is 4.74 Å². The molecule has 0 atom stereocenters. The number of nitrogens with zero attached hydrogens (tertiary/aromatic N) is 2. The molecule has 0 radical (unpaired) electrons. The molecule has 1 aromatic rings. The zero-order valence-electron chi connectivity index (χ0n) is 10.4. The van der Waals surface area contributed by atoms with Gasteiger partial charge in [-0.25, -0.2) is 4.98 Å². The van der Waals surface area contributed by atoms with Gasteiger partial charge in [-0.15, -0.1) is 11.3 Å². The van der Waals surface area contributed by atoms with Crippen LogP contribution in [0.4, 0.5) is 0 Å². The molecule has 1 saturated heterocycles. The van der Waals surface area contributed by atoms with Gasteiger partial charge in [-0.3, -0.25) is 4.90 Å². The molecule has 1 N–H and O–H groups in total. The highest BCUT2D eigenvalue weighted by atomic mass is 32.1. The van der Waals surface area contributed by atoms with Crippen LogP contribution in [0.2, 0.25) is 0 Å². The maximum atomic E-state index is 5.34. The van der Waals surface area contributed by atoms with Gasteiger partial charge in [0.05, 0.1) is 18.9 Å². The maximum absolute atomic E-state index is 5.34. The van der Waals surface area contributed by atoms with Crippen molar-refractivity contribution in [3.05, 3.63) is 16.1 Å². The smallest absolute Gasteiger partial charge is 0.107 e. The molecule has 0 aliphatic carbocycles. The van der Waals surface area contributed by atoms with Crippen LogP contribution in [0.5, 0.6) is 0 Å². The first kappa shape index (κ1) is 13.0. The van der Waals surface area contributed by atoms with Crippen molar-refractivity contribution in [2.24, 2.45) is 0 Å². The lowest BCUT2D eigenvalue weighted by Gasteiger charge is -2.25. The van der Waals surface area contributed by atoms with Gasteiger partial charge in [0, 0.05) is 31.6 Å². The van der Waals surface area contributed by atoms with E-state index in [0.29, 0.717) is 0 Å². The third kappa shape index (κ3) is 4.35. The van der Waals surface area contributed by atoms with Gasteiger partial charge in [-0.05, 0) is 13.0 Å². The average Bonchev–Trinajstić information content (AvgIpc) is 2.79. The Bertz CT molecular complexity index is 323. The minimum absolute atomic E-state index is 0.856. The summed E-state index contributed by atoms with van der Waals surface area (Å²) in [6.45, 7) is 8.89. The number of hydrogen-bond acceptors (Lipinski definition) is 5. The lowest BCUT2D eigenvalue weighted by Crippen LogP contribution is -2.35. The number of hydrogen-bond donors (Lipinski definition) is 1. The molecule has 0 spiro atoms. The first-order valence-corrected chi connectivity index (χ1v) is 7.20. The minimum atomic E-state index is 0.856. The second-order valence-electron chi connectivity index (χ2n) is 4.30. The zero-order valence-corrected chi connectivity index (χ0v) is 11.3. The van der Waals surface area contributed by atoms with Crippen LogP contribution < -0.4 is 5.32 Å². The van der Waals surface area contributed by atoms with E-state index in [1.165, 1.54) is 17.1 Å². The number of rotatable bonds is 6. The topological polar surface area (TPSA) is 37.4 Å². The quantitative estimate of drug-likeness (QED) is 0.781. The SMILES string of the molecule is CCCNCc1nc(CN2CCOCC2)cs1. The van der Waals surface area contributed by atoms with Gasteiger partial charge in [-0.2, -0.15) is 0 Å². The van der Waals surface area contributed by atoms with Crippen molar-refractivity contribution in [2.45, 2.75) is 26.4 Å². The van der Waals surface area contributed by atoms with Crippen LogP contribution in [0.15, 0.2) is 5.38 Å². The Morgan fingerprint density at radius 2 is 2.29 bits per heavy atom. The van der Waals surface area contributed by atoms with Crippen LogP contribution in [0.25, 0.3) is 0 Å². The molecule has 0 unspecified atom stereocenters. The zero-order chi connectivity index (χ0) is 11.9. The first-order chi connectivity index (χ1) is 8.38. The molecule has 96 valence electrons. The van der Waals surface area contributed by atoms with Crippen LogP contribution in [0, 0.1) is 0 Å². The molecule has 2 heterocycles. The Labute approximate surface area is 107 Å². The van der Waals surface area contributed by atoms with E-state index in [0.717, 1.165) is 45.9 Å². The molecule has 0 bridgehead atoms. The fraction of sp³-hybridized carbons (Fsp3) is 0.750. The molecule has 1 aliphatic rings. The standard InChI is InChI=1S/C12H21N3OS/c1-2-3-13-8-12-14-11(10-17-12)9-15-4-6-16-7-5-15/h10,13H,2-9H2,1H3. The van der Waals surface area contributed by atoms with Crippen molar-refractivity contribution in [1.82, 2.24) is 15.2 Å². The van der Waals surface area contributed by atoms with Gasteiger partial charge < -0.3 is 10.1 Å². The largest absolute Gasteiger partial charge is 0.379 e. The van der Waals surface area contributed by atoms with E-state index < -0.39 is 0 Å². The van der Waals surface area contributed by atoms with E-state index >= 15 is 0 Å². The fourth-order valence-corrected chi connectivity index (χ4v) is 2.62. The van der Waals surface area contributed by atoms with E-state index in [2.05, 4.69) is 27.5 Å². The molecule has 1 aromatic heterocycles. The van der Waals surface area contributed by atoms with Gasteiger partial charge in [0.1, 0.15) is 5.01 Å². The van der Waals surface area contributed by atoms with Crippen molar-refractivity contribution in [2.75, 3.05) is 32.8 Å². The normalized spacial score (nSPS) is 17.5. The monoisotopic (exact) mass is 255 g/mol. The molecule has 17 heavy (non-hydrogen) atoms. The van der Waals surface area contributed by atoms with Crippen LogP contribution in [-0.2, 0) is 17.8 Å². The highest BCUT2D eigenvalue weighted by Gasteiger charge is 2.12. The maximum Gasteiger partial charge on any atom is 0.107 e. The van der Waals surface area contributed by atoms with Gasteiger partial charge >= 0.3 is 0 Å². The summed E-state index contributed by atoms with van der Waals surface area (Å²) in [5.41, 5.74) is 1.20. The van der Waals surface area contributed by atoms with Crippen molar-refractivity contribution >= 4 is 11.3 Å². The molecular formula is C12H21N3OS. The average molecular weight is 255 g/mol. The number of morpholine rings is 1. The molecule has 1 fully saturated rings. The lowest BCUT2D eigenvalue weighted by atomic mass is 10.3. The van der Waals surface area contributed by atoms with E-state index in [-0.39, 0.29) is 0 Å². The first-order valence-electron chi connectivity index (χ1n) is 6.32. The van der Waals surface area contributed by atoms with Gasteiger partial charge in [0.2, 0.25) is 0 Å². The molecule has 0 saturated carbocycles. The van der Waals surface area contributed by atoms with Gasteiger partial charge in [0.25, 0.3) is 0 Å². The highest BCUT2D eigenvalue weighted by molar-refractivity contribution is 7.09. The van der Waals surface area contributed by atoms with Crippen molar-refractivity contribution < 1.29 is 4.74 Å². The molecule has 2 rings (SSSR count). The van der Waals surface area contributed by atoms with Crippen molar-refractivity contribution in [3.63, 3.8) is 0 Å². The summed E-state index contributed by atoms with van der Waals surface area (Å²) in [5.74, 6) is 0. The Morgan fingerprint density at radius 1 is 1.47 bits per heavy atom. The predicted molar refractivity (Wildman–Crippen MR) is 70.2 cm³/mol. The highest BCUT2D eigenvalue weighted by Crippen LogP contribution is 2.12. The van der Waals surface area contributed by atoms with Crippen molar-refractivity contribution in [1.29, 1.82) is 0 Å². The summed E-state index contributed by atoms with van der Waals surface area (Å²) in [5, 5.41) is 6.76. The summed E-state index contributed by atoms with van der Waals surface area (Å²) < 4.78 is 5.34. The third-order valence-electron chi connectivity index (χ3n) is 2.79. The molecular weight excluding hydrogens is 234 g/mol. The summed E-state index contributed by atoms with van der Waals surface area (Å²) in [4.78, 5) is 7.05. The van der Waals surface area contributed by atoms with Crippen molar-refractivity contribution in [3.8, 4) is 0 Å². The summed E-state index contributed by atoms with van der Waals surface area (Å²) in [6, 6.07) is 0. The Balaban J connectivity index is 1.76. The third-order valence-corrected chi connectivity index (χ3v) is 3.69. The van der Waals surface area contributed by atoms with Gasteiger partial charge in [0.15, 0.2) is 0 Å². The number of aromatic nitrogens is 1. The second-order valence-corrected chi connectivity index (χ2v) is 5.24. The summed E-state index contributed by atoms with van der Waals surface area (Å²) >= 11 is 1.76. The lowest BCUT2D eigenvalue weighted by molar-refractivity contribution is 0.0337. The van der Waals surface area contributed by atoms with Crippen LogP contribution in [0.1, 0.15) is 24.0 Å². The van der Waals surface area contributed by atoms with E-state index in [9.17, 15) is 0 Å². The van der Waals surface area contributed by atoms with E-state index in [1.54, 1.807) is 11.3 Å². The molecule has 1 aliphatic heterocycles. The fourth-order valence-electron chi connectivity index (χ4n) is 1.86. The van der Waals surface area contributed by atoms with Crippen LogP contribution in [-0.4, -0.2) is 42.7 Å². The molecule has 4 nitrogen and oxygen atoms in total. The summed E-state index contributed by atoms with van der Waals surface area (Å²) in [7, 11) is 0. The minimum Gasteiger partial charge on any atom is -0.379 e. The second kappa shape index (κ2) is 7.06. The number of nitrogens with one attached hydrogen (secondary N) is 1.